The highest BCUT2D eigenvalue weighted by molar-refractivity contribution is 7.92. The summed E-state index contributed by atoms with van der Waals surface area (Å²) >= 11 is 0. The molecule has 2 aromatic rings. The molecule has 0 saturated carbocycles. The number of aryl methyl sites for hydroxylation is 2. The van der Waals surface area contributed by atoms with Gasteiger partial charge >= 0.3 is 0 Å². The first-order valence-corrected chi connectivity index (χ1v) is 7.70. The summed E-state index contributed by atoms with van der Waals surface area (Å²) in [6, 6.07) is 5.26. The van der Waals surface area contributed by atoms with Crippen molar-refractivity contribution >= 4 is 15.7 Å². The molecule has 0 aliphatic rings. The third-order valence-corrected chi connectivity index (χ3v) is 3.89. The van der Waals surface area contributed by atoms with E-state index in [0.717, 1.165) is 5.56 Å². The van der Waals surface area contributed by atoms with Crippen molar-refractivity contribution < 1.29 is 8.42 Å². The average molecular weight is 304 g/mol. The van der Waals surface area contributed by atoms with Gasteiger partial charge in [0, 0.05) is 18.8 Å². The van der Waals surface area contributed by atoms with E-state index in [1.54, 1.807) is 23.7 Å². The van der Waals surface area contributed by atoms with Crippen LogP contribution in [0, 0.1) is 18.8 Å². The van der Waals surface area contributed by atoms with Crippen molar-refractivity contribution in [1.82, 2.24) is 9.55 Å². The molecule has 0 saturated heterocycles. The highest BCUT2D eigenvalue weighted by atomic mass is 32.2. The van der Waals surface area contributed by atoms with E-state index in [9.17, 15) is 8.42 Å². The molecule has 6 nitrogen and oxygen atoms in total. The fraction of sp³-hybridized carbons (Fsp3) is 0.214. The van der Waals surface area contributed by atoms with Gasteiger partial charge in [-0.05, 0) is 30.7 Å². The first-order chi connectivity index (χ1) is 9.90. The zero-order valence-corrected chi connectivity index (χ0v) is 12.6. The van der Waals surface area contributed by atoms with Crippen LogP contribution in [0.1, 0.15) is 11.1 Å². The molecule has 0 radical (unpaired) electrons. The minimum absolute atomic E-state index is 0.0268. The molecule has 0 spiro atoms. The van der Waals surface area contributed by atoms with E-state index in [-0.39, 0.29) is 11.6 Å². The zero-order chi connectivity index (χ0) is 15.5. The number of imidazole rings is 1. The van der Waals surface area contributed by atoms with Crippen molar-refractivity contribution in [3.8, 4) is 11.8 Å². The summed E-state index contributed by atoms with van der Waals surface area (Å²) in [5, 5.41) is -0.0268. The smallest absolute Gasteiger partial charge is 0.280 e. The predicted octanol–water partition coefficient (Wildman–Crippen LogP) is 0.840. The Balaban J connectivity index is 2.33. The van der Waals surface area contributed by atoms with Gasteiger partial charge in [0.25, 0.3) is 10.0 Å². The summed E-state index contributed by atoms with van der Waals surface area (Å²) in [5.74, 6) is 5.63. The van der Waals surface area contributed by atoms with Crippen LogP contribution in [-0.4, -0.2) is 24.5 Å². The Bertz CT molecular complexity index is 813. The molecule has 0 unspecified atom stereocenters. The quantitative estimate of drug-likeness (QED) is 0.822. The lowest BCUT2D eigenvalue weighted by Gasteiger charge is -2.07. The van der Waals surface area contributed by atoms with Crippen molar-refractivity contribution in [3.63, 3.8) is 0 Å². The number of rotatable bonds is 3. The molecule has 110 valence electrons. The van der Waals surface area contributed by atoms with Crippen molar-refractivity contribution in [2.45, 2.75) is 11.9 Å². The van der Waals surface area contributed by atoms with Gasteiger partial charge in [-0.15, -0.1) is 0 Å². The van der Waals surface area contributed by atoms with Crippen LogP contribution in [-0.2, 0) is 17.1 Å². The number of benzene rings is 1. The van der Waals surface area contributed by atoms with Crippen LogP contribution >= 0.6 is 0 Å². The molecule has 0 atom stereocenters. The largest absolute Gasteiger partial charge is 0.339 e. The average Bonchev–Trinajstić information content (AvgIpc) is 2.83. The molecule has 1 aromatic carbocycles. The highest BCUT2D eigenvalue weighted by Crippen LogP contribution is 2.18. The lowest BCUT2D eigenvalue weighted by atomic mass is 10.1. The van der Waals surface area contributed by atoms with E-state index in [4.69, 9.17) is 5.73 Å². The van der Waals surface area contributed by atoms with Gasteiger partial charge in [0.1, 0.15) is 0 Å². The van der Waals surface area contributed by atoms with Gasteiger partial charge in [-0.3, -0.25) is 4.72 Å². The van der Waals surface area contributed by atoms with Crippen LogP contribution in [0.25, 0.3) is 0 Å². The number of sulfonamides is 1. The summed E-state index contributed by atoms with van der Waals surface area (Å²) in [6.07, 6.45) is 2.87. The number of aromatic nitrogens is 2. The Morgan fingerprint density at radius 2 is 2.14 bits per heavy atom. The Hall–Kier alpha value is -2.30. The molecule has 0 aliphatic heterocycles. The number of hydrogen-bond acceptors (Lipinski definition) is 4. The topological polar surface area (TPSA) is 90.0 Å². The summed E-state index contributed by atoms with van der Waals surface area (Å²) < 4.78 is 28.5. The molecular weight excluding hydrogens is 288 g/mol. The van der Waals surface area contributed by atoms with Crippen LogP contribution in [0.2, 0.25) is 0 Å². The fourth-order valence-electron chi connectivity index (χ4n) is 1.80. The zero-order valence-electron chi connectivity index (χ0n) is 11.8. The molecule has 0 bridgehead atoms. The third kappa shape index (κ3) is 3.84. The number of hydrogen-bond donors (Lipinski definition) is 2. The second kappa shape index (κ2) is 5.99. The first kappa shape index (κ1) is 15.1. The Morgan fingerprint density at radius 1 is 1.38 bits per heavy atom. The number of nitrogens with two attached hydrogens (primary N) is 1. The van der Waals surface area contributed by atoms with E-state index in [1.807, 2.05) is 13.0 Å². The van der Waals surface area contributed by atoms with Crippen LogP contribution in [0.15, 0.2) is 35.7 Å². The summed E-state index contributed by atoms with van der Waals surface area (Å²) in [5.41, 5.74) is 7.39. The van der Waals surface area contributed by atoms with E-state index in [0.29, 0.717) is 11.3 Å². The number of nitrogens with one attached hydrogen (secondary N) is 1. The SMILES string of the molecule is Cc1cc(C#CCN)cc(NS(=O)(=O)c2cn(C)cn2)c1. The van der Waals surface area contributed by atoms with Gasteiger partial charge in [0.05, 0.1) is 18.6 Å². The van der Waals surface area contributed by atoms with E-state index >= 15 is 0 Å². The second-order valence-electron chi connectivity index (χ2n) is 4.58. The third-order valence-electron chi connectivity index (χ3n) is 2.62. The molecule has 1 aromatic heterocycles. The highest BCUT2D eigenvalue weighted by Gasteiger charge is 2.17. The normalized spacial score (nSPS) is 10.8. The standard InChI is InChI=1S/C14H16N4O2S/c1-11-6-12(4-3-5-15)8-13(7-11)17-21(19,20)14-9-18(2)10-16-14/h6-10,17H,5,15H2,1-2H3. The van der Waals surface area contributed by atoms with E-state index in [1.165, 1.54) is 12.5 Å². The molecule has 2 rings (SSSR count). The Morgan fingerprint density at radius 3 is 2.76 bits per heavy atom. The molecule has 3 N–H and O–H groups in total. The van der Waals surface area contributed by atoms with Gasteiger partial charge in [-0.25, -0.2) is 4.98 Å². The summed E-state index contributed by atoms with van der Waals surface area (Å²) in [7, 11) is -1.99. The van der Waals surface area contributed by atoms with Gasteiger partial charge in [0.2, 0.25) is 0 Å². The maximum atomic E-state index is 12.2. The van der Waals surface area contributed by atoms with Crippen LogP contribution in [0.5, 0.6) is 0 Å². The monoisotopic (exact) mass is 304 g/mol. The lowest BCUT2D eigenvalue weighted by Crippen LogP contribution is -2.13. The lowest BCUT2D eigenvalue weighted by molar-refractivity contribution is 0.598. The van der Waals surface area contributed by atoms with Gasteiger partial charge < -0.3 is 10.3 Å². The predicted molar refractivity (Wildman–Crippen MR) is 81.1 cm³/mol. The maximum absolute atomic E-state index is 12.2. The summed E-state index contributed by atoms with van der Waals surface area (Å²) in [4.78, 5) is 3.85. The fourth-order valence-corrected chi connectivity index (χ4v) is 2.83. The molecular formula is C14H16N4O2S. The van der Waals surface area contributed by atoms with Crippen LogP contribution < -0.4 is 10.5 Å². The maximum Gasteiger partial charge on any atom is 0.280 e. The van der Waals surface area contributed by atoms with Gasteiger partial charge in [-0.1, -0.05) is 11.8 Å². The summed E-state index contributed by atoms with van der Waals surface area (Å²) in [6.45, 7) is 2.12. The Kier molecular flexibility index (Phi) is 4.31. The number of anilines is 1. The molecule has 0 amide bonds. The van der Waals surface area contributed by atoms with Crippen LogP contribution in [0.3, 0.4) is 0 Å². The molecule has 1 heterocycles. The van der Waals surface area contributed by atoms with Crippen LogP contribution in [0.4, 0.5) is 5.69 Å². The molecule has 0 fully saturated rings. The first-order valence-electron chi connectivity index (χ1n) is 6.22. The van der Waals surface area contributed by atoms with Crippen molar-refractivity contribution in [3.05, 3.63) is 41.9 Å². The van der Waals surface area contributed by atoms with Crippen molar-refractivity contribution in [2.24, 2.45) is 12.8 Å². The van der Waals surface area contributed by atoms with Gasteiger partial charge in [0.15, 0.2) is 5.03 Å². The van der Waals surface area contributed by atoms with Gasteiger partial charge in [-0.2, -0.15) is 8.42 Å². The van der Waals surface area contributed by atoms with E-state index in [2.05, 4.69) is 21.5 Å². The second-order valence-corrected chi connectivity index (χ2v) is 6.21. The minimum atomic E-state index is -3.70. The number of nitrogens with zero attached hydrogens (tertiary/aromatic N) is 2. The van der Waals surface area contributed by atoms with E-state index < -0.39 is 10.0 Å². The molecule has 0 aliphatic carbocycles. The van der Waals surface area contributed by atoms with Crippen molar-refractivity contribution in [2.75, 3.05) is 11.3 Å². The minimum Gasteiger partial charge on any atom is -0.339 e. The molecule has 21 heavy (non-hydrogen) atoms. The Labute approximate surface area is 124 Å². The molecule has 7 heteroatoms. The van der Waals surface area contributed by atoms with Crippen molar-refractivity contribution in [1.29, 1.82) is 0 Å².